The molecule has 2 saturated heterocycles. The second-order valence-electron chi connectivity index (χ2n) is 6.17. The summed E-state index contributed by atoms with van der Waals surface area (Å²) in [4.78, 5) is 16.3. The summed E-state index contributed by atoms with van der Waals surface area (Å²) in [6, 6.07) is 0. The molecule has 3 aliphatic rings. The Hall–Kier alpha value is -1.41. The van der Waals surface area contributed by atoms with Crippen LogP contribution < -0.4 is 9.64 Å². The summed E-state index contributed by atoms with van der Waals surface area (Å²) in [6.07, 6.45) is 2.44. The molecule has 1 aromatic heterocycles. The Morgan fingerprint density at radius 1 is 1.27 bits per heavy atom. The number of morpholine rings is 1. The molecule has 0 bridgehead atoms. The zero-order valence-corrected chi connectivity index (χ0v) is 13.3. The van der Waals surface area contributed by atoms with Crippen LogP contribution >= 0.6 is 11.7 Å². The molecule has 1 saturated carbocycles. The lowest BCUT2D eigenvalue weighted by molar-refractivity contribution is -0.134. The van der Waals surface area contributed by atoms with Gasteiger partial charge in [-0.05, 0) is 24.7 Å². The summed E-state index contributed by atoms with van der Waals surface area (Å²) in [6.45, 7) is 4.77. The Morgan fingerprint density at radius 2 is 2.14 bits per heavy atom. The number of ether oxygens (including phenoxy) is 2. The molecule has 4 rings (SSSR count). The molecule has 1 aliphatic carbocycles. The molecule has 0 N–H and O–H groups in total. The molecule has 22 heavy (non-hydrogen) atoms. The van der Waals surface area contributed by atoms with Crippen LogP contribution in [-0.4, -0.2) is 65.6 Å². The highest BCUT2D eigenvalue weighted by Crippen LogP contribution is 2.44. The molecule has 0 radical (unpaired) electrons. The number of likely N-dealkylation sites (tertiary alicyclic amines) is 1. The van der Waals surface area contributed by atoms with E-state index in [1.807, 2.05) is 4.90 Å². The highest BCUT2D eigenvalue weighted by molar-refractivity contribution is 6.99. The Morgan fingerprint density at radius 3 is 2.95 bits per heavy atom. The molecule has 0 spiro atoms. The molecule has 2 unspecified atom stereocenters. The molecule has 8 heteroatoms. The number of carbonyl (C=O) groups excluding carboxylic acids is 1. The molecule has 120 valence electrons. The van der Waals surface area contributed by atoms with E-state index in [1.54, 1.807) is 0 Å². The van der Waals surface area contributed by atoms with Crippen molar-refractivity contribution in [3.8, 4) is 5.88 Å². The average molecular weight is 324 g/mol. The standard InChI is InChI=1S/C14H20N4O3S/c19-12(18-2-1-10-7-11(10)8-18)9-21-14-13(15-22-16-14)17-3-5-20-6-4-17/h10-11H,1-9H2. The van der Waals surface area contributed by atoms with Crippen molar-refractivity contribution in [3.05, 3.63) is 0 Å². The van der Waals surface area contributed by atoms with E-state index < -0.39 is 0 Å². The van der Waals surface area contributed by atoms with Crippen molar-refractivity contribution in [2.45, 2.75) is 12.8 Å². The van der Waals surface area contributed by atoms with Crippen LogP contribution in [0.25, 0.3) is 0 Å². The smallest absolute Gasteiger partial charge is 0.271 e. The molecule has 3 heterocycles. The van der Waals surface area contributed by atoms with Gasteiger partial charge in [-0.1, -0.05) is 0 Å². The Balaban J connectivity index is 1.33. The van der Waals surface area contributed by atoms with Gasteiger partial charge in [0, 0.05) is 26.2 Å². The van der Waals surface area contributed by atoms with Crippen LogP contribution in [0, 0.1) is 11.8 Å². The molecule has 1 amide bonds. The third-order valence-electron chi connectivity index (χ3n) is 4.73. The maximum atomic E-state index is 12.3. The van der Waals surface area contributed by atoms with Gasteiger partial charge in [-0.25, -0.2) is 0 Å². The van der Waals surface area contributed by atoms with Crippen molar-refractivity contribution in [2.75, 3.05) is 50.9 Å². The topological polar surface area (TPSA) is 67.8 Å². The van der Waals surface area contributed by atoms with Crippen LogP contribution in [0.5, 0.6) is 5.88 Å². The minimum absolute atomic E-state index is 0.0557. The summed E-state index contributed by atoms with van der Waals surface area (Å²) in [5, 5.41) is 0. The van der Waals surface area contributed by atoms with Crippen molar-refractivity contribution in [1.29, 1.82) is 0 Å². The third kappa shape index (κ3) is 2.89. The van der Waals surface area contributed by atoms with Gasteiger partial charge in [-0.15, -0.1) is 4.37 Å². The number of nitrogens with zero attached hydrogens (tertiary/aromatic N) is 4. The summed E-state index contributed by atoms with van der Waals surface area (Å²) in [5.74, 6) is 2.89. The van der Waals surface area contributed by atoms with Gasteiger partial charge in [-0.3, -0.25) is 4.79 Å². The fourth-order valence-electron chi connectivity index (χ4n) is 3.27. The van der Waals surface area contributed by atoms with Crippen molar-refractivity contribution in [2.24, 2.45) is 11.8 Å². The molecule has 2 atom stereocenters. The van der Waals surface area contributed by atoms with Crippen LogP contribution in [0.4, 0.5) is 5.82 Å². The largest absolute Gasteiger partial charge is 0.464 e. The summed E-state index contributed by atoms with van der Waals surface area (Å²) < 4.78 is 19.5. The molecule has 3 fully saturated rings. The third-order valence-corrected chi connectivity index (χ3v) is 5.23. The van der Waals surface area contributed by atoms with Gasteiger partial charge in [0.1, 0.15) is 0 Å². The minimum atomic E-state index is 0.0557. The molecule has 0 aromatic carbocycles. The van der Waals surface area contributed by atoms with Crippen LogP contribution in [0.3, 0.4) is 0 Å². The number of aromatic nitrogens is 2. The van der Waals surface area contributed by atoms with Gasteiger partial charge in [-0.2, -0.15) is 4.37 Å². The van der Waals surface area contributed by atoms with Gasteiger partial charge < -0.3 is 19.3 Å². The predicted molar refractivity (Wildman–Crippen MR) is 81.2 cm³/mol. The number of carbonyl (C=O) groups is 1. The number of hydrogen-bond donors (Lipinski definition) is 0. The van der Waals surface area contributed by atoms with Gasteiger partial charge >= 0.3 is 0 Å². The molecular formula is C14H20N4O3S. The minimum Gasteiger partial charge on any atom is -0.464 e. The van der Waals surface area contributed by atoms with Gasteiger partial charge in [0.15, 0.2) is 6.61 Å². The SMILES string of the molecule is O=C(COc1nsnc1N1CCOCC1)N1CCC2CC2C1. The lowest BCUT2D eigenvalue weighted by Crippen LogP contribution is -2.40. The van der Waals surface area contributed by atoms with Gasteiger partial charge in [0.05, 0.1) is 24.9 Å². The van der Waals surface area contributed by atoms with Crippen LogP contribution in [0.15, 0.2) is 0 Å². The first-order valence-electron chi connectivity index (χ1n) is 7.87. The Bertz CT molecular complexity index is 546. The van der Waals surface area contributed by atoms with Gasteiger partial charge in [0.25, 0.3) is 11.8 Å². The summed E-state index contributed by atoms with van der Waals surface area (Å²) >= 11 is 1.12. The van der Waals surface area contributed by atoms with Crippen molar-refractivity contribution < 1.29 is 14.3 Å². The molecule has 1 aromatic rings. The number of hydrogen-bond acceptors (Lipinski definition) is 7. The van der Waals surface area contributed by atoms with Crippen molar-refractivity contribution in [1.82, 2.24) is 13.6 Å². The van der Waals surface area contributed by atoms with Gasteiger partial charge in [0.2, 0.25) is 5.82 Å². The number of amides is 1. The van der Waals surface area contributed by atoms with E-state index in [4.69, 9.17) is 9.47 Å². The fraction of sp³-hybridized carbons (Fsp3) is 0.786. The average Bonchev–Trinajstić information content (AvgIpc) is 3.19. The lowest BCUT2D eigenvalue weighted by atomic mass is 10.1. The first kappa shape index (κ1) is 14.2. The summed E-state index contributed by atoms with van der Waals surface area (Å²) in [7, 11) is 0. The maximum Gasteiger partial charge on any atom is 0.271 e. The van der Waals surface area contributed by atoms with Crippen LogP contribution in [0.1, 0.15) is 12.8 Å². The zero-order valence-electron chi connectivity index (χ0n) is 12.4. The van der Waals surface area contributed by atoms with E-state index in [1.165, 1.54) is 6.42 Å². The van der Waals surface area contributed by atoms with Crippen molar-refractivity contribution in [3.63, 3.8) is 0 Å². The number of fused-ring (bicyclic) bond motifs is 1. The first-order valence-corrected chi connectivity index (χ1v) is 8.60. The van der Waals surface area contributed by atoms with E-state index in [0.29, 0.717) is 19.1 Å². The lowest BCUT2D eigenvalue weighted by Gasteiger charge is -2.27. The highest BCUT2D eigenvalue weighted by atomic mass is 32.1. The molecule has 7 nitrogen and oxygen atoms in total. The second kappa shape index (κ2) is 6.00. The zero-order chi connectivity index (χ0) is 14.9. The van der Waals surface area contributed by atoms with E-state index >= 15 is 0 Å². The van der Waals surface area contributed by atoms with E-state index in [2.05, 4.69) is 13.6 Å². The molecular weight excluding hydrogens is 304 g/mol. The number of anilines is 1. The second-order valence-corrected chi connectivity index (χ2v) is 6.69. The van der Waals surface area contributed by atoms with Crippen LogP contribution in [0.2, 0.25) is 0 Å². The van der Waals surface area contributed by atoms with Crippen molar-refractivity contribution >= 4 is 23.5 Å². The van der Waals surface area contributed by atoms with E-state index in [0.717, 1.165) is 62.0 Å². The maximum absolute atomic E-state index is 12.3. The first-order chi connectivity index (χ1) is 10.8. The number of rotatable bonds is 4. The molecule has 2 aliphatic heterocycles. The Labute approximate surface area is 133 Å². The fourth-order valence-corrected chi connectivity index (χ4v) is 3.79. The number of piperidine rings is 1. The quantitative estimate of drug-likeness (QED) is 0.809. The predicted octanol–water partition coefficient (Wildman–Crippen LogP) is 0.622. The Kier molecular flexibility index (Phi) is 3.87. The van der Waals surface area contributed by atoms with E-state index in [9.17, 15) is 4.79 Å². The monoisotopic (exact) mass is 324 g/mol. The van der Waals surface area contributed by atoms with Crippen LogP contribution in [-0.2, 0) is 9.53 Å². The highest BCUT2D eigenvalue weighted by Gasteiger charge is 2.42. The van der Waals surface area contributed by atoms with E-state index in [-0.39, 0.29) is 12.5 Å². The summed E-state index contributed by atoms with van der Waals surface area (Å²) in [5.41, 5.74) is 0. The normalized spacial score (nSPS) is 27.5.